The lowest BCUT2D eigenvalue weighted by Crippen LogP contribution is -2.71. The highest BCUT2D eigenvalue weighted by atomic mass is 32.2. The number of nitrogens with one attached hydrogen (secondary N) is 2. The second-order valence-corrected chi connectivity index (χ2v) is 12.9. The minimum atomic E-state index is -1.19. The summed E-state index contributed by atoms with van der Waals surface area (Å²) in [6.45, 7) is 5.09. The van der Waals surface area contributed by atoms with Gasteiger partial charge in [-0.15, -0.1) is 11.8 Å². The van der Waals surface area contributed by atoms with Crippen LogP contribution >= 0.6 is 11.8 Å². The molecule has 1 unspecified atom stereocenters. The zero-order valence-corrected chi connectivity index (χ0v) is 27.5. The van der Waals surface area contributed by atoms with Crippen molar-refractivity contribution < 1.29 is 42.9 Å². The summed E-state index contributed by atoms with van der Waals surface area (Å²) >= 11 is 1.17. The lowest BCUT2D eigenvalue weighted by atomic mass is 10.0. The third kappa shape index (κ3) is 7.80. The second-order valence-electron chi connectivity index (χ2n) is 11.8. The normalized spacial score (nSPS) is 17.8. The van der Waals surface area contributed by atoms with Crippen molar-refractivity contribution in [3.05, 3.63) is 119 Å². The van der Waals surface area contributed by atoms with Crippen LogP contribution < -0.4 is 10.6 Å². The van der Waals surface area contributed by atoms with Gasteiger partial charge >= 0.3 is 18.2 Å². The van der Waals surface area contributed by atoms with Crippen molar-refractivity contribution in [2.75, 3.05) is 12.9 Å². The molecule has 5 rings (SSSR count). The maximum atomic E-state index is 14.0. The molecule has 2 aliphatic heterocycles. The van der Waals surface area contributed by atoms with E-state index in [4.69, 9.17) is 14.2 Å². The molecule has 13 heteroatoms. The molecule has 0 aliphatic carbocycles. The molecule has 2 aliphatic rings. The minimum Gasteiger partial charge on any atom is -0.448 e. The Morgan fingerprint density at radius 2 is 1.40 bits per heavy atom. The predicted molar refractivity (Wildman–Crippen MR) is 175 cm³/mol. The maximum absolute atomic E-state index is 14.0. The Kier molecular flexibility index (Phi) is 10.4. The van der Waals surface area contributed by atoms with E-state index in [1.807, 2.05) is 36.4 Å². The van der Waals surface area contributed by atoms with Crippen LogP contribution in [-0.4, -0.2) is 64.8 Å². The van der Waals surface area contributed by atoms with E-state index in [9.17, 15) is 24.0 Å². The van der Waals surface area contributed by atoms with Crippen LogP contribution in [0.2, 0.25) is 0 Å². The average molecular weight is 674 g/mol. The van der Waals surface area contributed by atoms with Crippen molar-refractivity contribution >= 4 is 41.8 Å². The summed E-state index contributed by atoms with van der Waals surface area (Å²) in [7, 11) is 1.12. The molecular formula is C35H35N3O9S. The first-order valence-electron chi connectivity index (χ1n) is 15.1. The van der Waals surface area contributed by atoms with Gasteiger partial charge in [0.2, 0.25) is 5.91 Å². The zero-order valence-electron chi connectivity index (χ0n) is 26.7. The summed E-state index contributed by atoms with van der Waals surface area (Å²) in [5.41, 5.74) is 0.736. The van der Waals surface area contributed by atoms with Crippen LogP contribution in [0.1, 0.15) is 49.6 Å². The molecule has 3 amide bonds. The highest BCUT2D eigenvalue weighted by Crippen LogP contribution is 2.42. The Labute approximate surface area is 281 Å². The van der Waals surface area contributed by atoms with E-state index < -0.39 is 59.2 Å². The van der Waals surface area contributed by atoms with E-state index in [2.05, 4.69) is 15.4 Å². The Bertz CT molecular complexity index is 1650. The molecule has 0 spiro atoms. The molecule has 48 heavy (non-hydrogen) atoms. The molecule has 3 aromatic rings. The molecule has 3 aromatic carbocycles. The van der Waals surface area contributed by atoms with Crippen molar-refractivity contribution in [2.24, 2.45) is 0 Å². The Morgan fingerprint density at radius 1 is 0.854 bits per heavy atom. The predicted octanol–water partition coefficient (Wildman–Crippen LogP) is 4.98. The standard InChI is InChI=1S/C35H35N3O9S/c1-35(2,3)47-33(42)37-25(21-14-8-5-9-15-21)29(39)36-26-30(40)38-27(24(20-48-31(26)38)45-34(43)44-4)32(41)46-28(22-16-10-6-11-17-22)23-18-12-7-13-19-23/h5-19,25-26,28,31H,20H2,1-4H3,(H,36,39)(H,37,42)/t25?,26-,31-/m1/s1. The van der Waals surface area contributed by atoms with Crippen molar-refractivity contribution in [3.63, 3.8) is 0 Å². The molecule has 2 heterocycles. The van der Waals surface area contributed by atoms with Gasteiger partial charge in [-0.25, -0.2) is 14.4 Å². The largest absolute Gasteiger partial charge is 0.513 e. The van der Waals surface area contributed by atoms with Gasteiger partial charge in [0.05, 0.1) is 12.9 Å². The van der Waals surface area contributed by atoms with Crippen LogP contribution in [0.5, 0.6) is 0 Å². The lowest BCUT2D eigenvalue weighted by molar-refractivity contribution is -0.155. The summed E-state index contributed by atoms with van der Waals surface area (Å²) in [5, 5.41) is 4.56. The Balaban J connectivity index is 1.40. The van der Waals surface area contributed by atoms with Crippen molar-refractivity contribution in [1.29, 1.82) is 0 Å². The van der Waals surface area contributed by atoms with E-state index in [1.54, 1.807) is 75.4 Å². The molecule has 0 aromatic heterocycles. The first kappa shape index (κ1) is 34.0. The molecule has 0 saturated carbocycles. The topological polar surface area (TPSA) is 150 Å². The number of carbonyl (C=O) groups excluding carboxylic acids is 5. The molecule has 0 bridgehead atoms. The quantitative estimate of drug-likeness (QED) is 0.181. The fourth-order valence-electron chi connectivity index (χ4n) is 5.16. The minimum absolute atomic E-state index is 0.0139. The van der Waals surface area contributed by atoms with Crippen molar-refractivity contribution in [3.8, 4) is 0 Å². The molecule has 12 nitrogen and oxygen atoms in total. The Hall–Kier alpha value is -5.30. The number of benzene rings is 3. The van der Waals surface area contributed by atoms with Crippen LogP contribution in [0.15, 0.2) is 102 Å². The summed E-state index contributed by atoms with van der Waals surface area (Å²) in [5.74, 6) is -2.36. The number of methoxy groups -OCH3 is 1. The highest BCUT2D eigenvalue weighted by molar-refractivity contribution is 8.00. The van der Waals surface area contributed by atoms with Gasteiger partial charge in [0, 0.05) is 0 Å². The van der Waals surface area contributed by atoms with E-state index in [1.165, 1.54) is 11.8 Å². The smallest absolute Gasteiger partial charge is 0.448 e. The number of esters is 1. The number of ether oxygens (including phenoxy) is 4. The van der Waals surface area contributed by atoms with E-state index in [0.29, 0.717) is 16.7 Å². The Morgan fingerprint density at radius 3 is 1.92 bits per heavy atom. The molecule has 1 saturated heterocycles. The fraction of sp³-hybridized carbons (Fsp3) is 0.286. The summed E-state index contributed by atoms with van der Waals surface area (Å²) in [4.78, 5) is 67.3. The highest BCUT2D eigenvalue weighted by Gasteiger charge is 2.56. The number of hydrogen-bond acceptors (Lipinski definition) is 10. The zero-order chi connectivity index (χ0) is 34.4. The summed E-state index contributed by atoms with van der Waals surface area (Å²) in [6, 6.07) is 24.4. The first-order valence-corrected chi connectivity index (χ1v) is 16.1. The van der Waals surface area contributed by atoms with Crippen molar-refractivity contribution in [1.82, 2.24) is 15.5 Å². The van der Waals surface area contributed by atoms with E-state index in [-0.39, 0.29) is 17.2 Å². The number of hydrogen-bond donors (Lipinski definition) is 2. The van der Waals surface area contributed by atoms with Gasteiger partial charge in [0.25, 0.3) is 5.91 Å². The van der Waals surface area contributed by atoms with E-state index in [0.717, 1.165) is 12.0 Å². The number of β-lactam (4-membered cyclic amide) rings is 1. The SMILES string of the molecule is COC(=O)OC1=C(C(=O)OC(c2ccccc2)c2ccccc2)N2C(=O)[C@@H](NC(=O)C(NC(=O)OC(C)(C)C)c3ccccc3)[C@H]2SC1. The second kappa shape index (κ2) is 14.6. The third-order valence-electron chi connectivity index (χ3n) is 7.28. The van der Waals surface area contributed by atoms with Gasteiger partial charge in [-0.1, -0.05) is 91.0 Å². The fourth-order valence-corrected chi connectivity index (χ4v) is 6.41. The van der Waals surface area contributed by atoms with Gasteiger partial charge in [-0.05, 0) is 37.5 Å². The summed E-state index contributed by atoms with van der Waals surface area (Å²) < 4.78 is 21.4. The summed E-state index contributed by atoms with van der Waals surface area (Å²) in [6.07, 6.45) is -2.74. The van der Waals surface area contributed by atoms with Crippen LogP contribution in [0.3, 0.4) is 0 Å². The van der Waals surface area contributed by atoms with Gasteiger partial charge in [0.15, 0.2) is 17.6 Å². The number of fused-ring (bicyclic) bond motifs is 1. The van der Waals surface area contributed by atoms with Crippen molar-refractivity contribution in [2.45, 2.75) is 49.9 Å². The van der Waals surface area contributed by atoms with Gasteiger partial charge < -0.3 is 29.6 Å². The molecule has 3 atom stereocenters. The number of rotatable bonds is 9. The molecule has 1 fully saturated rings. The number of thioether (sulfide) groups is 1. The van der Waals surface area contributed by atoms with Crippen LogP contribution in [0, 0.1) is 0 Å². The number of amides is 3. The molecular weight excluding hydrogens is 638 g/mol. The van der Waals surface area contributed by atoms with Crippen LogP contribution in [-0.2, 0) is 33.3 Å². The van der Waals surface area contributed by atoms with Gasteiger partial charge in [0.1, 0.15) is 23.1 Å². The van der Waals surface area contributed by atoms with E-state index >= 15 is 0 Å². The molecule has 2 N–H and O–H groups in total. The monoisotopic (exact) mass is 673 g/mol. The number of carbonyl (C=O) groups is 5. The van der Waals surface area contributed by atoms with Crippen LogP contribution in [0.25, 0.3) is 0 Å². The molecule has 0 radical (unpaired) electrons. The average Bonchev–Trinajstić information content (AvgIpc) is 3.08. The van der Waals surface area contributed by atoms with Crippen LogP contribution in [0.4, 0.5) is 9.59 Å². The molecule has 250 valence electrons. The maximum Gasteiger partial charge on any atom is 0.513 e. The third-order valence-corrected chi connectivity index (χ3v) is 8.54. The first-order chi connectivity index (χ1) is 23.0. The number of alkyl carbamates (subject to hydrolysis) is 1. The van der Waals surface area contributed by atoms with Gasteiger partial charge in [-0.3, -0.25) is 14.5 Å². The lowest BCUT2D eigenvalue weighted by Gasteiger charge is -2.49. The van der Waals surface area contributed by atoms with Gasteiger partial charge in [-0.2, -0.15) is 0 Å². The number of nitrogens with zero attached hydrogens (tertiary/aromatic N) is 1.